The summed E-state index contributed by atoms with van der Waals surface area (Å²) in [6.45, 7) is 0. The van der Waals surface area contributed by atoms with Crippen LogP contribution in [-0.4, -0.2) is 29.3 Å². The van der Waals surface area contributed by atoms with Crippen LogP contribution >= 0.6 is 0 Å². The minimum absolute atomic E-state index is 0.0878. The molecule has 0 atom stereocenters. The van der Waals surface area contributed by atoms with Crippen LogP contribution in [0.15, 0.2) is 18.2 Å². The first-order valence-electron chi connectivity index (χ1n) is 3.58. The fourth-order valence-corrected chi connectivity index (χ4v) is 0.903. The summed E-state index contributed by atoms with van der Waals surface area (Å²) < 4.78 is 4.46. The van der Waals surface area contributed by atoms with E-state index in [2.05, 4.69) is 4.74 Å². The van der Waals surface area contributed by atoms with E-state index in [-0.39, 0.29) is 16.9 Å². The first kappa shape index (κ1) is 9.25. The van der Waals surface area contributed by atoms with Crippen LogP contribution in [0.3, 0.4) is 0 Å². The van der Waals surface area contributed by atoms with E-state index in [4.69, 9.17) is 9.90 Å². The zero-order valence-corrected chi connectivity index (χ0v) is 7.02. The van der Waals surface area contributed by atoms with Gasteiger partial charge in [0, 0.05) is 0 Å². The van der Waals surface area contributed by atoms with E-state index in [9.17, 15) is 4.79 Å². The molecule has 1 aromatic carbocycles. The number of methoxy groups -OCH3 is 1. The highest BCUT2D eigenvalue weighted by atomic mass is 16.5. The van der Waals surface area contributed by atoms with Gasteiger partial charge in [-0.25, -0.2) is 4.79 Å². The monoisotopic (exact) mass is 181 g/mol. The highest BCUT2D eigenvalue weighted by molar-refractivity contribution is 5.92. The van der Waals surface area contributed by atoms with Crippen LogP contribution in [0.5, 0.6) is 5.75 Å². The molecule has 0 unspecified atom stereocenters. The van der Waals surface area contributed by atoms with E-state index < -0.39 is 5.97 Å². The van der Waals surface area contributed by atoms with Gasteiger partial charge >= 0.3 is 12.3 Å². The lowest BCUT2D eigenvalue weighted by Crippen LogP contribution is -2.01. The third-order valence-electron chi connectivity index (χ3n) is 1.59. The minimum atomic E-state index is -0.511. The Morgan fingerprint density at radius 1 is 1.62 bits per heavy atom. The van der Waals surface area contributed by atoms with Gasteiger partial charge in [-0.15, -0.1) is 0 Å². The van der Waals surface area contributed by atoms with Crippen molar-refractivity contribution in [2.45, 2.75) is 0 Å². The SMILES string of the molecule is COC(=O)c1ccc(O)c(C=[OH+])c1. The maximum Gasteiger partial charge on any atom is 0.337 e. The third-order valence-corrected chi connectivity index (χ3v) is 1.59. The molecule has 0 aliphatic carbocycles. The van der Waals surface area contributed by atoms with Gasteiger partial charge in [-0.05, 0) is 18.2 Å². The van der Waals surface area contributed by atoms with Crippen molar-refractivity contribution in [3.8, 4) is 5.75 Å². The quantitative estimate of drug-likeness (QED) is 0.415. The summed E-state index contributed by atoms with van der Waals surface area (Å²) in [5.74, 6) is -0.599. The van der Waals surface area contributed by atoms with Gasteiger partial charge in [-0.2, -0.15) is 0 Å². The standard InChI is InChI=1S/C9H8O4/c1-13-9(12)6-2-3-8(11)7(4-6)5-10/h2-5,11H,1H3/p+1. The van der Waals surface area contributed by atoms with Crippen LogP contribution in [0, 0.1) is 0 Å². The molecular weight excluding hydrogens is 172 g/mol. The lowest BCUT2D eigenvalue weighted by atomic mass is 10.1. The second kappa shape index (κ2) is 3.71. The topological polar surface area (TPSA) is 67.9 Å². The number of rotatable bonds is 2. The van der Waals surface area contributed by atoms with Gasteiger partial charge in [-0.1, -0.05) is 0 Å². The highest BCUT2D eigenvalue weighted by Crippen LogP contribution is 2.16. The number of hydrogen-bond donors (Lipinski definition) is 1. The molecule has 68 valence electrons. The van der Waals surface area contributed by atoms with E-state index in [0.29, 0.717) is 0 Å². The molecule has 2 N–H and O–H groups in total. The fourth-order valence-electron chi connectivity index (χ4n) is 0.903. The Hall–Kier alpha value is -1.84. The second-order valence-corrected chi connectivity index (χ2v) is 2.39. The summed E-state index contributed by atoms with van der Waals surface area (Å²) in [4.78, 5) is 19.7. The van der Waals surface area contributed by atoms with Crippen molar-refractivity contribution in [3.05, 3.63) is 29.3 Å². The number of carbonyl (C=O) groups excluding carboxylic acids is 2. The second-order valence-electron chi connectivity index (χ2n) is 2.39. The first-order chi connectivity index (χ1) is 6.19. The van der Waals surface area contributed by atoms with Crippen molar-refractivity contribution in [2.24, 2.45) is 0 Å². The van der Waals surface area contributed by atoms with Crippen molar-refractivity contribution in [2.75, 3.05) is 7.11 Å². The molecule has 1 aromatic rings. The highest BCUT2D eigenvalue weighted by Gasteiger charge is 2.09. The molecule has 0 amide bonds. The van der Waals surface area contributed by atoms with E-state index in [1.807, 2.05) is 0 Å². The Morgan fingerprint density at radius 2 is 2.31 bits per heavy atom. The van der Waals surface area contributed by atoms with Crippen LogP contribution in [-0.2, 0) is 4.74 Å². The largest absolute Gasteiger partial charge is 0.507 e. The average molecular weight is 181 g/mol. The molecule has 4 heteroatoms. The molecule has 0 aromatic heterocycles. The van der Waals surface area contributed by atoms with Gasteiger partial charge in [0.05, 0.1) is 12.7 Å². The lowest BCUT2D eigenvalue weighted by molar-refractivity contribution is 0.0600. The van der Waals surface area contributed by atoms with Gasteiger partial charge in [0.25, 0.3) is 0 Å². The first-order valence-corrected chi connectivity index (χ1v) is 3.58. The van der Waals surface area contributed by atoms with Gasteiger partial charge < -0.3 is 9.84 Å². The third kappa shape index (κ3) is 1.84. The smallest absolute Gasteiger partial charge is 0.337 e. The van der Waals surface area contributed by atoms with Crippen molar-refractivity contribution < 1.29 is 19.4 Å². The average Bonchev–Trinajstić information content (AvgIpc) is 2.17. The number of phenols is 1. The number of esters is 1. The Morgan fingerprint density at radius 3 is 2.85 bits per heavy atom. The van der Waals surface area contributed by atoms with Gasteiger partial charge in [0.15, 0.2) is 0 Å². The summed E-state index contributed by atoms with van der Waals surface area (Å²) in [5, 5.41) is 9.15. The van der Waals surface area contributed by atoms with E-state index in [1.54, 1.807) is 0 Å². The molecule has 0 spiro atoms. The van der Waals surface area contributed by atoms with Crippen LogP contribution in [0.1, 0.15) is 15.9 Å². The normalized spacial score (nSPS) is 9.31. The molecule has 0 aliphatic heterocycles. The number of phenolic OH excluding ortho intramolecular Hbond substituents is 1. The summed E-state index contributed by atoms with van der Waals surface area (Å²) in [6, 6.07) is 4.06. The van der Waals surface area contributed by atoms with Crippen molar-refractivity contribution in [3.63, 3.8) is 0 Å². The Labute approximate surface area is 74.8 Å². The van der Waals surface area contributed by atoms with Crippen LogP contribution in [0.25, 0.3) is 0 Å². The molecule has 0 heterocycles. The number of carbonyl (C=O) groups is 1. The summed E-state index contributed by atoms with van der Waals surface area (Å²) >= 11 is 0. The lowest BCUT2D eigenvalue weighted by Gasteiger charge is -1.99. The van der Waals surface area contributed by atoms with E-state index in [1.165, 1.54) is 25.3 Å². The zero-order chi connectivity index (χ0) is 9.84. The van der Waals surface area contributed by atoms with Crippen LogP contribution < -0.4 is 0 Å². The van der Waals surface area contributed by atoms with Crippen LogP contribution in [0.4, 0.5) is 0 Å². The van der Waals surface area contributed by atoms with Crippen molar-refractivity contribution >= 4 is 12.3 Å². The maximum absolute atomic E-state index is 11.0. The molecule has 13 heavy (non-hydrogen) atoms. The molecule has 0 aliphatic rings. The van der Waals surface area contributed by atoms with Gasteiger partial charge in [-0.3, -0.25) is 4.79 Å². The minimum Gasteiger partial charge on any atom is -0.507 e. The molecule has 0 saturated carbocycles. The van der Waals surface area contributed by atoms with Gasteiger partial charge in [0.1, 0.15) is 11.3 Å². The molecule has 4 nitrogen and oxygen atoms in total. The fraction of sp³-hybridized carbons (Fsp3) is 0.111. The summed E-state index contributed by atoms with van der Waals surface area (Å²) in [5.41, 5.74) is 0.462. The molecule has 1 rings (SSSR count). The zero-order valence-electron chi connectivity index (χ0n) is 7.02. The Balaban J connectivity index is 3.13. The summed E-state index contributed by atoms with van der Waals surface area (Å²) in [7, 11) is 1.26. The van der Waals surface area contributed by atoms with E-state index in [0.717, 1.165) is 6.29 Å². The Kier molecular flexibility index (Phi) is 2.64. The molecule has 0 fully saturated rings. The van der Waals surface area contributed by atoms with E-state index >= 15 is 0 Å². The molecule has 0 radical (unpaired) electrons. The molecular formula is C9H9O4+. The van der Waals surface area contributed by atoms with Crippen LogP contribution in [0.2, 0.25) is 0 Å². The predicted molar refractivity (Wildman–Crippen MR) is 46.5 cm³/mol. The van der Waals surface area contributed by atoms with Crippen molar-refractivity contribution in [1.82, 2.24) is 0 Å². The van der Waals surface area contributed by atoms with Crippen molar-refractivity contribution in [1.29, 1.82) is 0 Å². The predicted octanol–water partition coefficient (Wildman–Crippen LogP) is 0.702. The number of aldehydes is 1. The Bertz CT molecular complexity index is 343. The molecule has 0 bridgehead atoms. The number of benzene rings is 1. The number of ether oxygens (including phenoxy) is 1. The van der Waals surface area contributed by atoms with Gasteiger partial charge in [0.2, 0.25) is 0 Å². The summed E-state index contributed by atoms with van der Waals surface area (Å²) in [6.07, 6.45) is 0.724. The molecule has 0 saturated heterocycles. The maximum atomic E-state index is 11.0. The number of aromatic hydroxyl groups is 1. The number of hydrogen-bond acceptors (Lipinski definition) is 3.